The lowest BCUT2D eigenvalue weighted by molar-refractivity contribution is -0.124. The van der Waals surface area contributed by atoms with Gasteiger partial charge in [-0.15, -0.1) is 0 Å². The Morgan fingerprint density at radius 1 is 1.25 bits per heavy atom. The zero-order valence-electron chi connectivity index (χ0n) is 13.6. The smallest absolute Gasteiger partial charge is 0.224 e. The molecule has 0 bridgehead atoms. The molecule has 4 nitrogen and oxygen atoms in total. The van der Waals surface area contributed by atoms with Crippen molar-refractivity contribution in [3.8, 4) is 0 Å². The molecule has 2 heterocycles. The number of nitrogens with zero attached hydrogens (tertiary/aromatic N) is 2. The number of nitrogens with one attached hydrogen (secondary N) is 1. The third-order valence-electron chi connectivity index (χ3n) is 4.37. The van der Waals surface area contributed by atoms with E-state index in [1.807, 2.05) is 18.2 Å². The van der Waals surface area contributed by atoms with Crippen LogP contribution in [0, 0.1) is 11.7 Å². The minimum atomic E-state index is -0.217. The topological polar surface area (TPSA) is 45.2 Å². The summed E-state index contributed by atoms with van der Waals surface area (Å²) in [7, 11) is 0. The molecule has 1 aromatic heterocycles. The van der Waals surface area contributed by atoms with Crippen LogP contribution in [0.15, 0.2) is 48.7 Å². The first-order valence-electron chi connectivity index (χ1n) is 8.35. The van der Waals surface area contributed by atoms with E-state index in [2.05, 4.69) is 15.2 Å². The van der Waals surface area contributed by atoms with Gasteiger partial charge in [0.05, 0.1) is 5.92 Å². The molecule has 1 unspecified atom stereocenters. The fourth-order valence-electron chi connectivity index (χ4n) is 3.04. The van der Waals surface area contributed by atoms with Crippen molar-refractivity contribution >= 4 is 5.91 Å². The van der Waals surface area contributed by atoms with Crippen LogP contribution < -0.4 is 5.32 Å². The van der Waals surface area contributed by atoms with E-state index < -0.39 is 0 Å². The molecule has 0 radical (unpaired) electrons. The normalized spacial score (nSPS) is 17.8. The predicted molar refractivity (Wildman–Crippen MR) is 90.7 cm³/mol. The van der Waals surface area contributed by atoms with E-state index >= 15 is 0 Å². The van der Waals surface area contributed by atoms with Gasteiger partial charge in [0.25, 0.3) is 0 Å². The van der Waals surface area contributed by atoms with Crippen molar-refractivity contribution in [3.05, 3.63) is 65.7 Å². The third-order valence-corrected chi connectivity index (χ3v) is 4.37. The summed E-state index contributed by atoms with van der Waals surface area (Å²) in [6, 6.07) is 12.4. The maximum absolute atomic E-state index is 12.9. The molecule has 1 atom stereocenters. The molecule has 2 aromatic rings. The second-order valence-electron chi connectivity index (χ2n) is 6.21. The molecule has 1 N–H and O–H groups in total. The van der Waals surface area contributed by atoms with Crippen LogP contribution in [0.4, 0.5) is 4.39 Å². The summed E-state index contributed by atoms with van der Waals surface area (Å²) < 4.78 is 12.9. The van der Waals surface area contributed by atoms with Crippen LogP contribution in [0.3, 0.4) is 0 Å². The lowest BCUT2D eigenvalue weighted by Gasteiger charge is -2.16. The molecule has 1 aliphatic rings. The lowest BCUT2D eigenvalue weighted by atomic mass is 10.1. The van der Waals surface area contributed by atoms with Gasteiger partial charge in [-0.1, -0.05) is 18.2 Å². The van der Waals surface area contributed by atoms with Crippen molar-refractivity contribution in [2.24, 2.45) is 5.92 Å². The number of amides is 1. The summed E-state index contributed by atoms with van der Waals surface area (Å²) in [6.07, 6.45) is 3.39. The van der Waals surface area contributed by atoms with Crippen LogP contribution in [-0.4, -0.2) is 35.4 Å². The minimum absolute atomic E-state index is 0.0363. The van der Waals surface area contributed by atoms with Gasteiger partial charge in [0.1, 0.15) is 5.82 Å². The van der Waals surface area contributed by atoms with E-state index in [1.54, 1.807) is 18.3 Å². The number of hydrogen-bond acceptors (Lipinski definition) is 3. The molecule has 0 spiro atoms. The summed E-state index contributed by atoms with van der Waals surface area (Å²) in [5, 5.41) is 3.01. The second-order valence-corrected chi connectivity index (χ2v) is 6.21. The molecule has 24 heavy (non-hydrogen) atoms. The van der Waals surface area contributed by atoms with Gasteiger partial charge in [0.2, 0.25) is 5.91 Å². The summed E-state index contributed by atoms with van der Waals surface area (Å²) in [6.45, 7) is 3.03. The van der Waals surface area contributed by atoms with E-state index in [4.69, 9.17) is 0 Å². The van der Waals surface area contributed by atoms with Crippen molar-refractivity contribution < 1.29 is 9.18 Å². The zero-order valence-corrected chi connectivity index (χ0v) is 13.6. The zero-order chi connectivity index (χ0) is 16.8. The number of rotatable bonds is 6. The van der Waals surface area contributed by atoms with Gasteiger partial charge in [-0.3, -0.25) is 14.7 Å². The molecule has 0 saturated carbocycles. The van der Waals surface area contributed by atoms with E-state index in [0.717, 1.165) is 43.7 Å². The van der Waals surface area contributed by atoms with Crippen molar-refractivity contribution in [3.63, 3.8) is 0 Å². The highest BCUT2D eigenvalue weighted by atomic mass is 19.1. The maximum atomic E-state index is 12.9. The molecular weight excluding hydrogens is 305 g/mol. The fourth-order valence-corrected chi connectivity index (χ4v) is 3.04. The first kappa shape index (κ1) is 16.6. The fraction of sp³-hybridized carbons (Fsp3) is 0.368. The largest absolute Gasteiger partial charge is 0.355 e. The molecule has 1 aliphatic heterocycles. The van der Waals surface area contributed by atoms with Gasteiger partial charge in [-0.05, 0) is 42.8 Å². The maximum Gasteiger partial charge on any atom is 0.224 e. The summed E-state index contributed by atoms with van der Waals surface area (Å²) in [4.78, 5) is 18.8. The molecule has 3 rings (SSSR count). The lowest BCUT2D eigenvalue weighted by Crippen LogP contribution is -2.34. The average Bonchev–Trinajstić information content (AvgIpc) is 3.06. The van der Waals surface area contributed by atoms with Gasteiger partial charge >= 0.3 is 0 Å². The molecular formula is C19H22FN3O. The van der Waals surface area contributed by atoms with Gasteiger partial charge in [-0.2, -0.15) is 0 Å². The number of carbonyl (C=O) groups excluding carboxylic acids is 1. The Morgan fingerprint density at radius 3 is 2.83 bits per heavy atom. The van der Waals surface area contributed by atoms with E-state index in [-0.39, 0.29) is 17.6 Å². The highest BCUT2D eigenvalue weighted by Crippen LogP contribution is 2.19. The van der Waals surface area contributed by atoms with Crippen molar-refractivity contribution in [1.82, 2.24) is 15.2 Å². The second kappa shape index (κ2) is 8.02. The quantitative estimate of drug-likeness (QED) is 0.886. The van der Waals surface area contributed by atoms with Gasteiger partial charge in [0.15, 0.2) is 0 Å². The monoisotopic (exact) mass is 327 g/mol. The number of benzene rings is 1. The van der Waals surface area contributed by atoms with Crippen LogP contribution in [0.2, 0.25) is 0 Å². The van der Waals surface area contributed by atoms with E-state index in [9.17, 15) is 9.18 Å². The van der Waals surface area contributed by atoms with Crippen molar-refractivity contribution in [1.29, 1.82) is 0 Å². The Hall–Kier alpha value is -2.27. The van der Waals surface area contributed by atoms with Crippen LogP contribution in [0.25, 0.3) is 0 Å². The van der Waals surface area contributed by atoms with Crippen LogP contribution in [-0.2, 0) is 17.8 Å². The van der Waals surface area contributed by atoms with Gasteiger partial charge < -0.3 is 5.32 Å². The SMILES string of the molecule is O=C(NCCc1ccccn1)C1CCN(Cc2ccc(F)cc2)C1. The van der Waals surface area contributed by atoms with Crippen molar-refractivity contribution in [2.75, 3.05) is 19.6 Å². The number of carbonyl (C=O) groups is 1. The van der Waals surface area contributed by atoms with Crippen LogP contribution in [0.5, 0.6) is 0 Å². The number of aromatic nitrogens is 1. The summed E-state index contributed by atoms with van der Waals surface area (Å²) in [5.74, 6) is -0.0629. The highest BCUT2D eigenvalue weighted by molar-refractivity contribution is 5.79. The van der Waals surface area contributed by atoms with E-state index in [0.29, 0.717) is 6.54 Å². The summed E-state index contributed by atoms with van der Waals surface area (Å²) in [5.41, 5.74) is 2.06. The van der Waals surface area contributed by atoms with Crippen molar-refractivity contribution in [2.45, 2.75) is 19.4 Å². The Balaban J connectivity index is 1.41. The standard InChI is InChI=1S/C19H22FN3O/c20-17-6-4-15(5-7-17)13-23-12-9-16(14-23)19(24)22-11-8-18-3-1-2-10-21-18/h1-7,10,16H,8-9,11-14H2,(H,22,24). The minimum Gasteiger partial charge on any atom is -0.355 e. The molecule has 1 aromatic carbocycles. The average molecular weight is 327 g/mol. The Labute approximate surface area is 141 Å². The molecule has 0 aliphatic carbocycles. The number of likely N-dealkylation sites (tertiary alicyclic amines) is 1. The van der Waals surface area contributed by atoms with Crippen LogP contribution >= 0.6 is 0 Å². The first-order valence-corrected chi connectivity index (χ1v) is 8.35. The highest BCUT2D eigenvalue weighted by Gasteiger charge is 2.27. The Bertz CT molecular complexity index is 660. The van der Waals surface area contributed by atoms with Crippen LogP contribution in [0.1, 0.15) is 17.7 Å². The van der Waals surface area contributed by atoms with E-state index in [1.165, 1.54) is 12.1 Å². The Kier molecular flexibility index (Phi) is 5.54. The van der Waals surface area contributed by atoms with Gasteiger partial charge in [0, 0.05) is 37.9 Å². The first-order chi connectivity index (χ1) is 11.7. The summed E-state index contributed by atoms with van der Waals surface area (Å²) >= 11 is 0. The predicted octanol–water partition coefficient (Wildman–Crippen LogP) is 2.40. The number of hydrogen-bond donors (Lipinski definition) is 1. The molecule has 1 fully saturated rings. The Morgan fingerprint density at radius 2 is 2.08 bits per heavy atom. The molecule has 1 amide bonds. The molecule has 5 heteroatoms. The number of halogens is 1. The molecule has 126 valence electrons. The van der Waals surface area contributed by atoms with Gasteiger partial charge in [-0.25, -0.2) is 4.39 Å². The molecule has 1 saturated heterocycles. The number of pyridine rings is 1. The third kappa shape index (κ3) is 4.61.